The zero-order valence-corrected chi connectivity index (χ0v) is 7.00. The van der Waals surface area contributed by atoms with Crippen molar-refractivity contribution >= 4 is 11.9 Å². The lowest BCUT2D eigenvalue weighted by Gasteiger charge is -1.95. The summed E-state index contributed by atoms with van der Waals surface area (Å²) >= 11 is 0. The molecule has 0 saturated carbocycles. The number of aliphatic carboxylic acids is 1. The van der Waals surface area contributed by atoms with Crippen molar-refractivity contribution in [2.24, 2.45) is 5.73 Å². The van der Waals surface area contributed by atoms with E-state index in [2.05, 4.69) is 0 Å². The molecule has 0 aromatic rings. The molecule has 0 aliphatic carbocycles. The summed E-state index contributed by atoms with van der Waals surface area (Å²) < 4.78 is 0. The molecule has 0 fully saturated rings. The Hall–Kier alpha value is -1.58. The molecule has 0 atom stereocenters. The van der Waals surface area contributed by atoms with Crippen molar-refractivity contribution in [2.75, 3.05) is 0 Å². The fraction of sp³-hybridized carbons (Fsp3) is 0.250. The van der Waals surface area contributed by atoms with E-state index in [0.29, 0.717) is 0 Å². The number of nitrogens with two attached hydrogens (primary N) is 1. The highest BCUT2D eigenvalue weighted by atomic mass is 16.4. The summed E-state index contributed by atoms with van der Waals surface area (Å²) in [5.74, 6) is -1.69. The minimum absolute atomic E-state index is 0.0851. The third-order valence-corrected chi connectivity index (χ3v) is 1.30. The Morgan fingerprint density at radius 1 is 1.42 bits per heavy atom. The van der Waals surface area contributed by atoms with Crippen LogP contribution in [-0.2, 0) is 9.59 Å². The molecule has 0 spiro atoms. The van der Waals surface area contributed by atoms with Crippen LogP contribution in [0.3, 0.4) is 0 Å². The molecule has 0 rings (SSSR count). The van der Waals surface area contributed by atoms with Crippen molar-refractivity contribution in [3.8, 4) is 0 Å². The normalized spacial score (nSPS) is 12.8. The van der Waals surface area contributed by atoms with Crippen LogP contribution in [0.4, 0.5) is 0 Å². The first-order valence-corrected chi connectivity index (χ1v) is 3.36. The Bertz CT molecular complexity index is 263. The van der Waals surface area contributed by atoms with Gasteiger partial charge < -0.3 is 10.8 Å². The fourth-order valence-corrected chi connectivity index (χ4v) is 0.592. The van der Waals surface area contributed by atoms with Crippen LogP contribution in [0.15, 0.2) is 23.3 Å². The molecular weight excluding hydrogens is 158 g/mol. The minimum atomic E-state index is -1.06. The van der Waals surface area contributed by atoms with Gasteiger partial charge in [-0.1, -0.05) is 6.08 Å². The van der Waals surface area contributed by atoms with Gasteiger partial charge in [0, 0.05) is 11.1 Å². The predicted octanol–water partition coefficient (Wildman–Crippen LogP) is 0.449. The van der Waals surface area contributed by atoms with E-state index in [9.17, 15) is 9.59 Å². The SMILES string of the molecule is CC=C(C=C(C)C(=O)O)C(N)=O. The molecule has 0 aliphatic heterocycles. The monoisotopic (exact) mass is 169 g/mol. The van der Waals surface area contributed by atoms with E-state index in [0.717, 1.165) is 0 Å². The number of rotatable bonds is 3. The Kier molecular flexibility index (Phi) is 3.76. The van der Waals surface area contributed by atoms with Crippen molar-refractivity contribution in [3.05, 3.63) is 23.3 Å². The van der Waals surface area contributed by atoms with E-state index in [1.54, 1.807) is 6.92 Å². The molecule has 0 unspecified atom stereocenters. The highest BCUT2D eigenvalue weighted by molar-refractivity contribution is 5.97. The van der Waals surface area contributed by atoms with Gasteiger partial charge >= 0.3 is 5.97 Å². The standard InChI is InChI=1S/C8H11NO3/c1-3-6(7(9)10)4-5(2)8(11)12/h3-4H,1-2H3,(H2,9,10)(H,11,12). The van der Waals surface area contributed by atoms with E-state index >= 15 is 0 Å². The maximum Gasteiger partial charge on any atom is 0.331 e. The smallest absolute Gasteiger partial charge is 0.331 e. The predicted molar refractivity (Wildman–Crippen MR) is 44.3 cm³/mol. The highest BCUT2D eigenvalue weighted by Gasteiger charge is 2.04. The van der Waals surface area contributed by atoms with Crippen molar-refractivity contribution in [2.45, 2.75) is 13.8 Å². The number of carboxylic acid groups (broad SMARTS) is 1. The molecule has 0 heterocycles. The van der Waals surface area contributed by atoms with Crippen LogP contribution in [0, 0.1) is 0 Å². The largest absolute Gasteiger partial charge is 0.478 e. The van der Waals surface area contributed by atoms with Gasteiger partial charge in [0.25, 0.3) is 0 Å². The number of primary amides is 1. The number of hydrogen-bond donors (Lipinski definition) is 2. The zero-order valence-electron chi connectivity index (χ0n) is 7.00. The first kappa shape index (κ1) is 10.4. The average molecular weight is 169 g/mol. The quantitative estimate of drug-likeness (QED) is 0.475. The van der Waals surface area contributed by atoms with Gasteiger partial charge in [0.15, 0.2) is 0 Å². The van der Waals surface area contributed by atoms with Crippen LogP contribution in [0.25, 0.3) is 0 Å². The van der Waals surface area contributed by atoms with Gasteiger partial charge in [-0.15, -0.1) is 0 Å². The summed E-state index contributed by atoms with van der Waals surface area (Å²) in [7, 11) is 0. The summed E-state index contributed by atoms with van der Waals surface area (Å²) in [4.78, 5) is 20.9. The second-order valence-electron chi connectivity index (χ2n) is 2.24. The van der Waals surface area contributed by atoms with Crippen LogP contribution in [0.2, 0.25) is 0 Å². The molecule has 0 aromatic carbocycles. The van der Waals surface area contributed by atoms with E-state index < -0.39 is 11.9 Å². The van der Waals surface area contributed by atoms with Gasteiger partial charge in [0.1, 0.15) is 0 Å². The number of hydrogen-bond acceptors (Lipinski definition) is 2. The highest BCUT2D eigenvalue weighted by Crippen LogP contribution is 2.01. The molecule has 1 amide bonds. The second-order valence-corrected chi connectivity index (χ2v) is 2.24. The number of amides is 1. The lowest BCUT2D eigenvalue weighted by atomic mass is 10.1. The molecule has 0 radical (unpaired) electrons. The second kappa shape index (κ2) is 4.33. The molecule has 4 heteroatoms. The first-order chi connectivity index (χ1) is 5.49. The van der Waals surface area contributed by atoms with E-state index in [1.807, 2.05) is 0 Å². The molecule has 3 N–H and O–H groups in total. The Labute approximate surface area is 70.4 Å². The fourth-order valence-electron chi connectivity index (χ4n) is 0.592. The van der Waals surface area contributed by atoms with Gasteiger partial charge in [0.2, 0.25) is 5.91 Å². The van der Waals surface area contributed by atoms with E-state index in [-0.39, 0.29) is 11.1 Å². The van der Waals surface area contributed by atoms with Gasteiger partial charge in [0.05, 0.1) is 0 Å². The van der Waals surface area contributed by atoms with E-state index in [1.165, 1.54) is 19.1 Å². The van der Waals surface area contributed by atoms with Crippen LogP contribution < -0.4 is 5.73 Å². The maximum atomic E-state index is 10.6. The Morgan fingerprint density at radius 3 is 2.17 bits per heavy atom. The minimum Gasteiger partial charge on any atom is -0.478 e. The molecule has 66 valence electrons. The topological polar surface area (TPSA) is 80.4 Å². The molecule has 0 aliphatic rings. The molecular formula is C8H11NO3. The number of carboxylic acids is 1. The lowest BCUT2D eigenvalue weighted by molar-refractivity contribution is -0.132. The molecule has 4 nitrogen and oxygen atoms in total. The summed E-state index contributed by atoms with van der Waals surface area (Å²) in [5, 5.41) is 8.46. The van der Waals surface area contributed by atoms with Crippen molar-refractivity contribution in [1.29, 1.82) is 0 Å². The third kappa shape index (κ3) is 3.01. The summed E-state index contributed by atoms with van der Waals surface area (Å²) in [5.41, 5.74) is 5.24. The van der Waals surface area contributed by atoms with Crippen molar-refractivity contribution < 1.29 is 14.7 Å². The Balaban J connectivity index is 4.72. The van der Waals surface area contributed by atoms with E-state index in [4.69, 9.17) is 10.8 Å². The first-order valence-electron chi connectivity index (χ1n) is 3.36. The molecule has 0 saturated heterocycles. The van der Waals surface area contributed by atoms with Crippen LogP contribution in [-0.4, -0.2) is 17.0 Å². The van der Waals surface area contributed by atoms with Crippen LogP contribution in [0.5, 0.6) is 0 Å². The van der Waals surface area contributed by atoms with Gasteiger partial charge in [-0.2, -0.15) is 0 Å². The molecule has 0 bridgehead atoms. The van der Waals surface area contributed by atoms with Crippen LogP contribution in [0.1, 0.15) is 13.8 Å². The van der Waals surface area contributed by atoms with Crippen LogP contribution >= 0.6 is 0 Å². The number of allylic oxidation sites excluding steroid dienone is 1. The number of carbonyl (C=O) groups is 2. The van der Waals surface area contributed by atoms with Gasteiger partial charge in [-0.25, -0.2) is 4.79 Å². The summed E-state index contributed by atoms with van der Waals surface area (Å²) in [6, 6.07) is 0. The summed E-state index contributed by atoms with van der Waals surface area (Å²) in [6.07, 6.45) is 2.71. The van der Waals surface area contributed by atoms with Gasteiger partial charge in [-0.3, -0.25) is 4.79 Å². The Morgan fingerprint density at radius 2 is 1.92 bits per heavy atom. The number of carbonyl (C=O) groups excluding carboxylic acids is 1. The molecule has 12 heavy (non-hydrogen) atoms. The average Bonchev–Trinajstić information content (AvgIpc) is 1.98. The van der Waals surface area contributed by atoms with Gasteiger partial charge in [-0.05, 0) is 19.9 Å². The maximum absolute atomic E-state index is 10.6. The summed E-state index contributed by atoms with van der Waals surface area (Å²) in [6.45, 7) is 3.01. The molecule has 0 aromatic heterocycles. The lowest BCUT2D eigenvalue weighted by Crippen LogP contribution is -2.13. The van der Waals surface area contributed by atoms with Crippen molar-refractivity contribution in [1.82, 2.24) is 0 Å². The third-order valence-electron chi connectivity index (χ3n) is 1.30. The van der Waals surface area contributed by atoms with Crippen molar-refractivity contribution in [3.63, 3.8) is 0 Å². The zero-order chi connectivity index (χ0) is 9.72.